The monoisotopic (exact) mass is 476 g/mol. The summed E-state index contributed by atoms with van der Waals surface area (Å²) in [6, 6.07) is 3.66. The molecule has 0 saturated heterocycles. The molecule has 7 nitrogen and oxygen atoms in total. The Labute approximate surface area is 181 Å². The SMILES string of the molecule is C.CC[C@@H](CO)Nc1ncc(Oc2cc(Br)c(OC)cc2C(C)C)c(N)n1.Cl. The number of nitrogens with two attached hydrogens (primary N) is 1. The van der Waals surface area contributed by atoms with Gasteiger partial charge in [-0.1, -0.05) is 28.2 Å². The standard InChI is InChI=1S/C18H25BrN4O3.CH4.ClH/c1-5-11(9-24)22-18-21-8-16(17(20)23-18)26-14-7-13(19)15(25-4)6-12(14)10(2)3;;/h6-8,10-11,24H,5,9H2,1-4H3,(H3,20,21,22,23);1H4;1H/t11-;;/m0../s1. The molecule has 4 N–H and O–H groups in total. The molecule has 1 heterocycles. The molecule has 0 amide bonds. The maximum absolute atomic E-state index is 9.27. The number of ether oxygens (including phenoxy) is 2. The molecule has 0 unspecified atom stereocenters. The smallest absolute Gasteiger partial charge is 0.225 e. The van der Waals surface area contributed by atoms with E-state index in [1.54, 1.807) is 7.11 Å². The molecule has 0 radical (unpaired) electrons. The van der Waals surface area contributed by atoms with Crippen molar-refractivity contribution >= 4 is 40.1 Å². The zero-order valence-corrected chi connectivity index (χ0v) is 18.2. The fraction of sp³-hybridized carbons (Fsp3) is 0.474. The third-order valence-electron chi connectivity index (χ3n) is 3.96. The predicted octanol–water partition coefficient (Wildman–Crippen LogP) is 4.99. The summed E-state index contributed by atoms with van der Waals surface area (Å²) >= 11 is 3.48. The minimum atomic E-state index is -0.119. The summed E-state index contributed by atoms with van der Waals surface area (Å²) < 4.78 is 12.1. The summed E-state index contributed by atoms with van der Waals surface area (Å²) in [7, 11) is 1.62. The van der Waals surface area contributed by atoms with Crippen molar-refractivity contribution in [2.75, 3.05) is 24.8 Å². The Hall–Kier alpha value is -1.77. The molecule has 0 spiro atoms. The molecule has 1 aromatic carbocycles. The second kappa shape index (κ2) is 11.9. The van der Waals surface area contributed by atoms with E-state index in [4.69, 9.17) is 15.2 Å². The first-order valence-corrected chi connectivity index (χ1v) is 9.24. The number of benzene rings is 1. The van der Waals surface area contributed by atoms with Crippen molar-refractivity contribution < 1.29 is 14.6 Å². The van der Waals surface area contributed by atoms with Gasteiger partial charge in [0.25, 0.3) is 0 Å². The van der Waals surface area contributed by atoms with Crippen LogP contribution in [0.15, 0.2) is 22.8 Å². The van der Waals surface area contributed by atoms with Crippen molar-refractivity contribution in [1.29, 1.82) is 0 Å². The van der Waals surface area contributed by atoms with Crippen molar-refractivity contribution in [3.05, 3.63) is 28.4 Å². The Kier molecular flexibility index (Phi) is 11.2. The van der Waals surface area contributed by atoms with Crippen molar-refractivity contribution in [3.8, 4) is 17.2 Å². The number of rotatable bonds is 8. The quantitative estimate of drug-likeness (QED) is 0.492. The van der Waals surface area contributed by atoms with E-state index in [-0.39, 0.29) is 44.2 Å². The van der Waals surface area contributed by atoms with Crippen LogP contribution in [0.1, 0.15) is 46.1 Å². The number of nitrogen functional groups attached to an aromatic ring is 1. The van der Waals surface area contributed by atoms with Crippen LogP contribution >= 0.6 is 28.3 Å². The zero-order chi connectivity index (χ0) is 19.3. The number of methoxy groups -OCH3 is 1. The van der Waals surface area contributed by atoms with Crippen LogP contribution in [-0.2, 0) is 0 Å². The first kappa shape index (κ1) is 26.2. The number of hydrogen-bond donors (Lipinski definition) is 3. The molecule has 0 aliphatic carbocycles. The molecule has 0 fully saturated rings. The van der Waals surface area contributed by atoms with E-state index in [2.05, 4.69) is 45.1 Å². The molecular formula is C19H30BrClN4O3. The average Bonchev–Trinajstić information content (AvgIpc) is 2.61. The summed E-state index contributed by atoms with van der Waals surface area (Å²) in [4.78, 5) is 8.45. The fourth-order valence-electron chi connectivity index (χ4n) is 2.36. The molecule has 158 valence electrons. The Bertz CT molecular complexity index is 758. The largest absolute Gasteiger partial charge is 0.496 e. The molecule has 0 aliphatic rings. The van der Waals surface area contributed by atoms with Crippen LogP contribution < -0.4 is 20.5 Å². The molecule has 0 aliphatic heterocycles. The Morgan fingerprint density at radius 1 is 1.25 bits per heavy atom. The van der Waals surface area contributed by atoms with Crippen LogP contribution in [0.4, 0.5) is 11.8 Å². The molecule has 2 rings (SSSR count). The van der Waals surface area contributed by atoms with Gasteiger partial charge in [-0.3, -0.25) is 0 Å². The summed E-state index contributed by atoms with van der Waals surface area (Å²) in [5.74, 6) is 2.56. The number of aliphatic hydroxyl groups is 1. The van der Waals surface area contributed by atoms with Gasteiger partial charge in [-0.15, -0.1) is 12.4 Å². The van der Waals surface area contributed by atoms with Crippen molar-refractivity contribution in [2.45, 2.75) is 46.6 Å². The van der Waals surface area contributed by atoms with Gasteiger partial charge in [0, 0.05) is 5.56 Å². The molecule has 1 aromatic heterocycles. The molecule has 1 atom stereocenters. The van der Waals surface area contributed by atoms with Crippen LogP contribution in [0.5, 0.6) is 17.2 Å². The highest BCUT2D eigenvalue weighted by Crippen LogP contribution is 2.39. The maximum atomic E-state index is 9.27. The van der Waals surface area contributed by atoms with Crippen LogP contribution in [0.25, 0.3) is 0 Å². The lowest BCUT2D eigenvalue weighted by Gasteiger charge is -2.18. The van der Waals surface area contributed by atoms with Crippen LogP contribution in [0.3, 0.4) is 0 Å². The second-order valence-corrected chi connectivity index (χ2v) is 7.01. The molecular weight excluding hydrogens is 448 g/mol. The normalized spacial score (nSPS) is 11.2. The van der Waals surface area contributed by atoms with E-state index < -0.39 is 0 Å². The van der Waals surface area contributed by atoms with Gasteiger partial charge in [0.2, 0.25) is 5.95 Å². The topological polar surface area (TPSA) is 103 Å². The number of nitrogens with one attached hydrogen (secondary N) is 1. The summed E-state index contributed by atoms with van der Waals surface area (Å²) in [6.07, 6.45) is 2.27. The third kappa shape index (κ3) is 6.39. The van der Waals surface area contributed by atoms with Crippen LogP contribution in [0, 0.1) is 0 Å². The number of aromatic nitrogens is 2. The number of hydrogen-bond acceptors (Lipinski definition) is 7. The van der Waals surface area contributed by atoms with Gasteiger partial charge >= 0.3 is 0 Å². The van der Waals surface area contributed by atoms with Gasteiger partial charge in [0.1, 0.15) is 11.5 Å². The molecule has 9 heteroatoms. The highest BCUT2D eigenvalue weighted by molar-refractivity contribution is 9.10. The summed E-state index contributed by atoms with van der Waals surface area (Å²) in [5.41, 5.74) is 7.02. The van der Waals surface area contributed by atoms with E-state index in [0.717, 1.165) is 22.2 Å². The summed E-state index contributed by atoms with van der Waals surface area (Å²) in [6.45, 7) is 6.10. The summed E-state index contributed by atoms with van der Waals surface area (Å²) in [5, 5.41) is 12.3. The molecule has 0 bridgehead atoms. The van der Waals surface area contributed by atoms with Gasteiger partial charge < -0.3 is 25.6 Å². The molecule has 0 saturated carbocycles. The van der Waals surface area contributed by atoms with Gasteiger partial charge in [0.05, 0.1) is 30.4 Å². The average molecular weight is 478 g/mol. The first-order valence-electron chi connectivity index (χ1n) is 8.44. The van der Waals surface area contributed by atoms with Crippen molar-refractivity contribution in [1.82, 2.24) is 9.97 Å². The van der Waals surface area contributed by atoms with Crippen molar-refractivity contribution in [3.63, 3.8) is 0 Å². The Morgan fingerprint density at radius 3 is 2.43 bits per heavy atom. The van der Waals surface area contributed by atoms with Gasteiger partial charge in [-0.05, 0) is 40.4 Å². The van der Waals surface area contributed by atoms with E-state index in [0.29, 0.717) is 17.4 Å². The lowest BCUT2D eigenvalue weighted by atomic mass is 10.0. The lowest BCUT2D eigenvalue weighted by Crippen LogP contribution is -2.24. The maximum Gasteiger partial charge on any atom is 0.225 e. The molecule has 2 aromatic rings. The van der Waals surface area contributed by atoms with E-state index in [1.165, 1.54) is 6.20 Å². The highest BCUT2D eigenvalue weighted by Gasteiger charge is 2.16. The number of aliphatic hydroxyl groups excluding tert-OH is 1. The van der Waals surface area contributed by atoms with Gasteiger partial charge in [-0.2, -0.15) is 4.98 Å². The van der Waals surface area contributed by atoms with Crippen molar-refractivity contribution in [2.24, 2.45) is 0 Å². The number of halogens is 2. The first-order chi connectivity index (χ1) is 12.4. The number of anilines is 2. The lowest BCUT2D eigenvalue weighted by molar-refractivity contribution is 0.271. The van der Waals surface area contributed by atoms with Gasteiger partial charge in [-0.25, -0.2) is 4.98 Å². The fourth-order valence-corrected chi connectivity index (χ4v) is 2.84. The highest BCUT2D eigenvalue weighted by atomic mass is 79.9. The molecule has 28 heavy (non-hydrogen) atoms. The van der Waals surface area contributed by atoms with E-state index in [9.17, 15) is 5.11 Å². The van der Waals surface area contributed by atoms with Crippen LogP contribution in [-0.4, -0.2) is 34.8 Å². The zero-order valence-electron chi connectivity index (χ0n) is 15.8. The number of nitrogens with zero attached hydrogens (tertiary/aromatic N) is 2. The van der Waals surface area contributed by atoms with E-state index in [1.807, 2.05) is 19.1 Å². The second-order valence-electron chi connectivity index (χ2n) is 6.16. The third-order valence-corrected chi connectivity index (χ3v) is 4.58. The minimum Gasteiger partial charge on any atom is -0.496 e. The Balaban J connectivity index is 0.00000364. The Morgan fingerprint density at radius 2 is 1.93 bits per heavy atom. The van der Waals surface area contributed by atoms with E-state index >= 15 is 0 Å². The van der Waals surface area contributed by atoms with Gasteiger partial charge in [0.15, 0.2) is 11.6 Å². The minimum absolute atomic E-state index is 0. The predicted molar refractivity (Wildman–Crippen MR) is 120 cm³/mol. The van der Waals surface area contributed by atoms with Crippen LogP contribution in [0.2, 0.25) is 0 Å².